The molecule has 0 bridgehead atoms. The van der Waals surface area contributed by atoms with Gasteiger partial charge in [-0.2, -0.15) is 5.26 Å². The number of carbonyl (C=O) groups excluding carboxylic acids is 1. The summed E-state index contributed by atoms with van der Waals surface area (Å²) in [5, 5.41) is 11.0. The molecule has 1 aliphatic heterocycles. The lowest BCUT2D eigenvalue weighted by Crippen LogP contribution is -2.30. The molecule has 4 heteroatoms. The summed E-state index contributed by atoms with van der Waals surface area (Å²) in [5.41, 5.74) is 1.26. The van der Waals surface area contributed by atoms with Gasteiger partial charge in [-0.05, 0) is 13.5 Å². The summed E-state index contributed by atoms with van der Waals surface area (Å²) in [7, 11) is 2.07. The summed E-state index contributed by atoms with van der Waals surface area (Å²) in [6, 6.07) is 1.82. The molecular weight excluding hydrogens is 178 g/mol. The molecule has 1 heterocycles. The third-order valence-corrected chi connectivity index (χ3v) is 2.26. The summed E-state index contributed by atoms with van der Waals surface area (Å²) in [6.45, 7) is 2.58. The van der Waals surface area contributed by atoms with Gasteiger partial charge in [0.05, 0.1) is 6.07 Å². The maximum absolute atomic E-state index is 11.0. The summed E-state index contributed by atoms with van der Waals surface area (Å²) in [4.78, 5) is 13.2. The van der Waals surface area contributed by atoms with Crippen LogP contribution in [0.4, 0.5) is 0 Å². The summed E-state index contributed by atoms with van der Waals surface area (Å²) < 4.78 is 0. The molecule has 0 aromatic carbocycles. The molecular formula is C10H15N3O. The zero-order valence-corrected chi connectivity index (χ0v) is 8.42. The molecule has 4 nitrogen and oxygen atoms in total. The molecule has 1 amide bonds. The molecule has 76 valence electrons. The lowest BCUT2D eigenvalue weighted by atomic mass is 10.1. The van der Waals surface area contributed by atoms with Crippen molar-refractivity contribution >= 4 is 5.91 Å². The van der Waals surface area contributed by atoms with Crippen LogP contribution in [0.1, 0.15) is 12.8 Å². The fourth-order valence-electron chi connectivity index (χ4n) is 1.32. The van der Waals surface area contributed by atoms with Crippen LogP contribution in [-0.4, -0.2) is 37.5 Å². The molecule has 0 unspecified atom stereocenters. The van der Waals surface area contributed by atoms with Gasteiger partial charge in [0.15, 0.2) is 0 Å². The molecule has 0 aromatic heterocycles. The minimum Gasteiger partial charge on any atom is -0.351 e. The van der Waals surface area contributed by atoms with Crippen molar-refractivity contribution in [3.63, 3.8) is 0 Å². The van der Waals surface area contributed by atoms with Crippen molar-refractivity contribution in [2.75, 3.05) is 26.7 Å². The van der Waals surface area contributed by atoms with Crippen molar-refractivity contribution in [3.05, 3.63) is 11.6 Å². The van der Waals surface area contributed by atoms with Crippen molar-refractivity contribution in [1.29, 1.82) is 5.26 Å². The highest BCUT2D eigenvalue weighted by Crippen LogP contribution is 2.07. The molecule has 1 rings (SSSR count). The Kier molecular flexibility index (Phi) is 4.14. The number of nitriles is 1. The second-order valence-electron chi connectivity index (χ2n) is 3.49. The second kappa shape index (κ2) is 5.40. The molecule has 1 N–H and O–H groups in total. The van der Waals surface area contributed by atoms with Crippen molar-refractivity contribution in [3.8, 4) is 6.07 Å². The molecule has 0 saturated carbocycles. The van der Waals surface area contributed by atoms with Gasteiger partial charge in [-0.25, -0.2) is 0 Å². The van der Waals surface area contributed by atoms with E-state index in [2.05, 4.69) is 23.3 Å². The van der Waals surface area contributed by atoms with Gasteiger partial charge >= 0.3 is 0 Å². The summed E-state index contributed by atoms with van der Waals surface area (Å²) >= 11 is 0. The smallest absolute Gasteiger partial charge is 0.234 e. The molecule has 0 atom stereocenters. The molecule has 0 aromatic rings. The van der Waals surface area contributed by atoms with Gasteiger partial charge in [0.1, 0.15) is 6.42 Å². The Labute approximate surface area is 84.2 Å². The number of carbonyl (C=O) groups is 1. The van der Waals surface area contributed by atoms with Crippen molar-refractivity contribution in [2.45, 2.75) is 12.8 Å². The van der Waals surface area contributed by atoms with E-state index in [4.69, 9.17) is 5.26 Å². The fourth-order valence-corrected chi connectivity index (χ4v) is 1.32. The van der Waals surface area contributed by atoms with Crippen LogP contribution < -0.4 is 5.32 Å². The highest BCUT2D eigenvalue weighted by atomic mass is 16.1. The number of likely N-dealkylation sites (N-methyl/N-ethyl adjacent to an activating group) is 1. The van der Waals surface area contributed by atoms with Gasteiger partial charge in [0.2, 0.25) is 5.91 Å². The second-order valence-corrected chi connectivity index (χ2v) is 3.49. The minimum absolute atomic E-state index is 0.0484. The highest BCUT2D eigenvalue weighted by molar-refractivity contribution is 5.78. The lowest BCUT2D eigenvalue weighted by molar-refractivity contribution is -0.119. The number of hydrogen-bond acceptors (Lipinski definition) is 3. The van der Waals surface area contributed by atoms with E-state index in [1.54, 1.807) is 0 Å². The Morgan fingerprint density at radius 2 is 2.57 bits per heavy atom. The average molecular weight is 193 g/mol. The molecule has 0 saturated heterocycles. The van der Waals surface area contributed by atoms with Gasteiger partial charge in [-0.15, -0.1) is 0 Å². The number of nitrogens with zero attached hydrogens (tertiary/aromatic N) is 2. The fraction of sp³-hybridized carbons (Fsp3) is 0.600. The zero-order valence-electron chi connectivity index (χ0n) is 8.42. The molecule has 0 spiro atoms. The Morgan fingerprint density at radius 1 is 1.79 bits per heavy atom. The van der Waals surface area contributed by atoms with Crippen LogP contribution >= 0.6 is 0 Å². The van der Waals surface area contributed by atoms with E-state index in [0.29, 0.717) is 6.54 Å². The van der Waals surface area contributed by atoms with Gasteiger partial charge in [-0.1, -0.05) is 11.6 Å². The third-order valence-electron chi connectivity index (χ3n) is 2.26. The van der Waals surface area contributed by atoms with Crippen LogP contribution in [0.2, 0.25) is 0 Å². The quantitative estimate of drug-likeness (QED) is 0.655. The van der Waals surface area contributed by atoms with Crippen LogP contribution in [0, 0.1) is 11.3 Å². The molecule has 0 aliphatic carbocycles. The van der Waals surface area contributed by atoms with E-state index in [1.807, 2.05) is 6.07 Å². The van der Waals surface area contributed by atoms with Crippen molar-refractivity contribution in [1.82, 2.24) is 10.2 Å². The normalized spacial score (nSPS) is 17.0. The first-order chi connectivity index (χ1) is 6.72. The molecule has 0 fully saturated rings. The average Bonchev–Trinajstić information content (AvgIpc) is 2.17. The van der Waals surface area contributed by atoms with E-state index in [9.17, 15) is 4.79 Å². The van der Waals surface area contributed by atoms with E-state index >= 15 is 0 Å². The largest absolute Gasteiger partial charge is 0.351 e. The van der Waals surface area contributed by atoms with Crippen LogP contribution in [0.15, 0.2) is 11.6 Å². The van der Waals surface area contributed by atoms with Crippen LogP contribution in [0.5, 0.6) is 0 Å². The van der Waals surface area contributed by atoms with Crippen LogP contribution in [-0.2, 0) is 4.79 Å². The maximum Gasteiger partial charge on any atom is 0.234 e. The van der Waals surface area contributed by atoms with Crippen LogP contribution in [0.25, 0.3) is 0 Å². The van der Waals surface area contributed by atoms with Gasteiger partial charge in [0.25, 0.3) is 0 Å². The zero-order chi connectivity index (χ0) is 10.4. The van der Waals surface area contributed by atoms with Gasteiger partial charge in [-0.3, -0.25) is 4.79 Å². The van der Waals surface area contributed by atoms with E-state index in [0.717, 1.165) is 19.5 Å². The Bertz CT molecular complexity index is 278. The first kappa shape index (κ1) is 10.7. The first-order valence-corrected chi connectivity index (χ1v) is 4.72. The standard InChI is InChI=1S/C10H15N3O/c1-13-6-3-9(4-7-13)8-12-10(14)2-5-11/h3H,2,4,6-8H2,1H3,(H,12,14). The number of nitrogens with one attached hydrogen (secondary N) is 1. The monoisotopic (exact) mass is 193 g/mol. The minimum atomic E-state index is -0.188. The Balaban J connectivity index is 2.25. The Hall–Kier alpha value is -1.34. The van der Waals surface area contributed by atoms with Crippen LogP contribution in [0.3, 0.4) is 0 Å². The van der Waals surface area contributed by atoms with E-state index < -0.39 is 0 Å². The van der Waals surface area contributed by atoms with E-state index in [-0.39, 0.29) is 12.3 Å². The number of hydrogen-bond donors (Lipinski definition) is 1. The topological polar surface area (TPSA) is 56.1 Å². The maximum atomic E-state index is 11.0. The van der Waals surface area contributed by atoms with Crippen molar-refractivity contribution in [2.24, 2.45) is 0 Å². The SMILES string of the molecule is CN1CC=C(CNC(=O)CC#N)CC1. The lowest BCUT2D eigenvalue weighted by Gasteiger charge is -2.21. The van der Waals surface area contributed by atoms with Gasteiger partial charge < -0.3 is 10.2 Å². The Morgan fingerprint density at radius 3 is 3.14 bits per heavy atom. The number of rotatable bonds is 3. The molecule has 14 heavy (non-hydrogen) atoms. The predicted molar refractivity (Wildman–Crippen MR) is 53.4 cm³/mol. The van der Waals surface area contributed by atoms with Crippen molar-refractivity contribution < 1.29 is 4.79 Å². The molecule has 1 aliphatic rings. The first-order valence-electron chi connectivity index (χ1n) is 4.72. The molecule has 0 radical (unpaired) electrons. The highest BCUT2D eigenvalue weighted by Gasteiger charge is 2.08. The van der Waals surface area contributed by atoms with E-state index in [1.165, 1.54) is 5.57 Å². The van der Waals surface area contributed by atoms with Gasteiger partial charge in [0, 0.05) is 19.6 Å². The summed E-state index contributed by atoms with van der Waals surface area (Å²) in [5.74, 6) is -0.188. The predicted octanol–water partition coefficient (Wildman–Crippen LogP) is 0.278. The number of amides is 1. The summed E-state index contributed by atoms with van der Waals surface area (Å²) in [6.07, 6.45) is 3.09. The third kappa shape index (κ3) is 3.58.